The summed E-state index contributed by atoms with van der Waals surface area (Å²) < 4.78 is 8.64. The lowest BCUT2D eigenvalue weighted by molar-refractivity contribution is -0.118. The van der Waals surface area contributed by atoms with E-state index in [1.54, 1.807) is 6.21 Å². The molecule has 166 valence electrons. The van der Waals surface area contributed by atoms with Crippen LogP contribution < -0.4 is 10.2 Å². The van der Waals surface area contributed by atoms with Crippen LogP contribution in [-0.2, 0) is 11.8 Å². The van der Waals surface area contributed by atoms with Crippen LogP contribution in [0.15, 0.2) is 93.6 Å². The van der Waals surface area contributed by atoms with E-state index >= 15 is 0 Å². The molecule has 0 unspecified atom stereocenters. The summed E-state index contributed by atoms with van der Waals surface area (Å²) >= 11 is 4.76. The minimum atomic E-state index is -0.236. The van der Waals surface area contributed by atoms with E-state index in [1.807, 2.05) is 90.5 Å². The van der Waals surface area contributed by atoms with Crippen LogP contribution in [0.2, 0.25) is 0 Å². The van der Waals surface area contributed by atoms with Gasteiger partial charge in [0.05, 0.1) is 12.0 Å². The molecule has 0 aliphatic rings. The number of nitrogens with zero attached hydrogens (tertiary/aromatic N) is 4. The Morgan fingerprint density at radius 3 is 2.67 bits per heavy atom. The number of rotatable bonds is 8. The van der Waals surface area contributed by atoms with E-state index in [0.717, 1.165) is 27.2 Å². The van der Waals surface area contributed by atoms with E-state index in [1.165, 1.54) is 11.8 Å². The second-order valence-corrected chi connectivity index (χ2v) is 8.80. The molecule has 0 aliphatic heterocycles. The van der Waals surface area contributed by atoms with E-state index < -0.39 is 0 Å². The smallest absolute Gasteiger partial charge is 0.250 e. The Kier molecular flexibility index (Phi) is 7.54. The van der Waals surface area contributed by atoms with Gasteiger partial charge in [-0.2, -0.15) is 5.10 Å². The summed E-state index contributed by atoms with van der Waals surface area (Å²) in [5, 5.41) is 13.1. The summed E-state index contributed by atoms with van der Waals surface area (Å²) in [6.07, 6.45) is 1.58. The Morgan fingerprint density at radius 1 is 1.06 bits per heavy atom. The predicted molar refractivity (Wildman–Crippen MR) is 134 cm³/mol. The van der Waals surface area contributed by atoms with Crippen LogP contribution >= 0.6 is 27.7 Å². The third-order valence-corrected chi connectivity index (χ3v) is 6.00. The number of hydrogen-bond acceptors (Lipinski definition) is 6. The zero-order valence-electron chi connectivity index (χ0n) is 17.7. The number of benzene rings is 3. The number of carbonyl (C=O) groups excluding carboxylic acids is 1. The zero-order chi connectivity index (χ0) is 23.0. The first kappa shape index (κ1) is 22.8. The SMILES string of the molecule is Cn1c(SCC(=O)NN=Cc2cccc(Oc3ccccc3)c2)nnc1-c1cccc(Br)c1. The summed E-state index contributed by atoms with van der Waals surface area (Å²) in [6.45, 7) is 0. The van der Waals surface area contributed by atoms with Gasteiger partial charge in [-0.05, 0) is 42.0 Å². The van der Waals surface area contributed by atoms with Crippen molar-refractivity contribution in [2.24, 2.45) is 12.1 Å². The third kappa shape index (κ3) is 6.30. The van der Waals surface area contributed by atoms with Gasteiger partial charge >= 0.3 is 0 Å². The number of hydrazone groups is 1. The summed E-state index contributed by atoms with van der Waals surface area (Å²) in [5.74, 6) is 2.10. The van der Waals surface area contributed by atoms with Crippen molar-refractivity contribution in [3.8, 4) is 22.9 Å². The van der Waals surface area contributed by atoms with E-state index in [2.05, 4.69) is 36.7 Å². The van der Waals surface area contributed by atoms with Crippen LogP contribution in [0.4, 0.5) is 0 Å². The van der Waals surface area contributed by atoms with Crippen molar-refractivity contribution in [1.29, 1.82) is 0 Å². The Balaban J connectivity index is 1.30. The fraction of sp³-hybridized carbons (Fsp3) is 0.0833. The molecule has 7 nitrogen and oxygen atoms in total. The quantitative estimate of drug-likeness (QED) is 0.194. The van der Waals surface area contributed by atoms with E-state index in [-0.39, 0.29) is 11.7 Å². The van der Waals surface area contributed by atoms with Gasteiger partial charge in [-0.1, -0.05) is 70.2 Å². The average molecular weight is 522 g/mol. The maximum atomic E-state index is 12.2. The predicted octanol–water partition coefficient (Wildman–Crippen LogP) is 5.28. The molecule has 0 saturated carbocycles. The Hall–Kier alpha value is -3.43. The standard InChI is InChI=1S/C24H20BrN5O2S/c1-30-23(18-8-6-9-19(25)14-18)28-29-24(30)33-16-22(31)27-26-15-17-7-5-12-21(13-17)32-20-10-3-2-4-11-20/h2-15H,16H2,1H3,(H,27,31). The van der Waals surface area contributed by atoms with Gasteiger partial charge in [0.2, 0.25) is 0 Å². The number of amides is 1. The first-order chi connectivity index (χ1) is 16.1. The van der Waals surface area contributed by atoms with Crippen LogP contribution in [0.5, 0.6) is 11.5 Å². The largest absolute Gasteiger partial charge is 0.457 e. The molecule has 1 N–H and O–H groups in total. The van der Waals surface area contributed by atoms with Crippen LogP contribution in [0, 0.1) is 0 Å². The molecular weight excluding hydrogens is 502 g/mol. The molecule has 1 aromatic heterocycles. The number of nitrogens with one attached hydrogen (secondary N) is 1. The number of carbonyl (C=O) groups is 1. The molecular formula is C24H20BrN5O2S. The number of halogens is 1. The second-order valence-electron chi connectivity index (χ2n) is 6.95. The maximum absolute atomic E-state index is 12.2. The van der Waals surface area contributed by atoms with Gasteiger partial charge in [0.25, 0.3) is 5.91 Å². The van der Waals surface area contributed by atoms with Crippen molar-refractivity contribution in [2.75, 3.05) is 5.75 Å². The highest BCUT2D eigenvalue weighted by atomic mass is 79.9. The summed E-state index contributed by atoms with van der Waals surface area (Å²) in [6, 6.07) is 24.8. The number of ether oxygens (including phenoxy) is 1. The molecule has 0 spiro atoms. The van der Waals surface area contributed by atoms with E-state index in [9.17, 15) is 4.79 Å². The Labute approximate surface area is 204 Å². The van der Waals surface area contributed by atoms with Gasteiger partial charge < -0.3 is 9.30 Å². The van der Waals surface area contributed by atoms with Gasteiger partial charge in [-0.25, -0.2) is 5.43 Å². The lowest BCUT2D eigenvalue weighted by atomic mass is 10.2. The highest BCUT2D eigenvalue weighted by Gasteiger charge is 2.13. The number of thioether (sulfide) groups is 1. The highest BCUT2D eigenvalue weighted by molar-refractivity contribution is 9.10. The Bertz CT molecular complexity index is 1280. The molecule has 9 heteroatoms. The molecule has 4 aromatic rings. The average Bonchev–Trinajstić information content (AvgIpc) is 3.19. The molecule has 0 aliphatic carbocycles. The maximum Gasteiger partial charge on any atom is 0.250 e. The monoisotopic (exact) mass is 521 g/mol. The Morgan fingerprint density at radius 2 is 1.85 bits per heavy atom. The fourth-order valence-electron chi connectivity index (χ4n) is 2.94. The van der Waals surface area contributed by atoms with Gasteiger partial charge in [0, 0.05) is 17.1 Å². The molecule has 0 radical (unpaired) electrons. The summed E-state index contributed by atoms with van der Waals surface area (Å²) in [4.78, 5) is 12.2. The molecule has 4 rings (SSSR count). The normalized spacial score (nSPS) is 11.0. The molecule has 1 amide bonds. The lowest BCUT2D eigenvalue weighted by Gasteiger charge is -2.06. The van der Waals surface area contributed by atoms with Gasteiger partial charge in [-0.3, -0.25) is 4.79 Å². The first-order valence-electron chi connectivity index (χ1n) is 10.0. The lowest BCUT2D eigenvalue weighted by Crippen LogP contribution is -2.19. The molecule has 0 saturated heterocycles. The highest BCUT2D eigenvalue weighted by Crippen LogP contribution is 2.25. The van der Waals surface area contributed by atoms with E-state index in [0.29, 0.717) is 10.9 Å². The molecule has 3 aromatic carbocycles. The zero-order valence-corrected chi connectivity index (χ0v) is 20.1. The van der Waals surface area contributed by atoms with Crippen LogP contribution in [0.1, 0.15) is 5.56 Å². The van der Waals surface area contributed by atoms with Crippen molar-refractivity contribution < 1.29 is 9.53 Å². The van der Waals surface area contributed by atoms with Gasteiger partial charge in [0.1, 0.15) is 11.5 Å². The summed E-state index contributed by atoms with van der Waals surface area (Å²) in [5.41, 5.74) is 4.29. The number of para-hydroxylation sites is 1. The first-order valence-corrected chi connectivity index (χ1v) is 11.8. The van der Waals surface area contributed by atoms with Crippen molar-refractivity contribution >= 4 is 39.8 Å². The molecule has 33 heavy (non-hydrogen) atoms. The number of aromatic nitrogens is 3. The molecule has 0 bridgehead atoms. The minimum absolute atomic E-state index is 0.166. The fourth-order valence-corrected chi connectivity index (χ4v) is 4.05. The third-order valence-electron chi connectivity index (χ3n) is 4.49. The van der Waals surface area contributed by atoms with Crippen LogP contribution in [-0.4, -0.2) is 32.6 Å². The number of hydrogen-bond donors (Lipinski definition) is 1. The molecule has 0 fully saturated rings. The summed E-state index contributed by atoms with van der Waals surface area (Å²) in [7, 11) is 1.87. The van der Waals surface area contributed by atoms with Gasteiger partial charge in [-0.15, -0.1) is 10.2 Å². The molecule has 1 heterocycles. The second kappa shape index (κ2) is 10.9. The minimum Gasteiger partial charge on any atom is -0.457 e. The van der Waals surface area contributed by atoms with Crippen LogP contribution in [0.3, 0.4) is 0 Å². The molecule has 0 atom stereocenters. The van der Waals surface area contributed by atoms with Crippen molar-refractivity contribution in [2.45, 2.75) is 5.16 Å². The topological polar surface area (TPSA) is 81.4 Å². The van der Waals surface area contributed by atoms with Crippen molar-refractivity contribution in [1.82, 2.24) is 20.2 Å². The van der Waals surface area contributed by atoms with Gasteiger partial charge in [0.15, 0.2) is 11.0 Å². The van der Waals surface area contributed by atoms with Crippen molar-refractivity contribution in [3.05, 3.63) is 88.9 Å². The van der Waals surface area contributed by atoms with E-state index in [4.69, 9.17) is 4.74 Å². The van der Waals surface area contributed by atoms with Crippen LogP contribution in [0.25, 0.3) is 11.4 Å². The van der Waals surface area contributed by atoms with Crippen molar-refractivity contribution in [3.63, 3.8) is 0 Å².